The fourth-order valence-electron chi connectivity index (χ4n) is 3.40. The highest BCUT2D eigenvalue weighted by Gasteiger charge is 2.32. The predicted octanol–water partition coefficient (Wildman–Crippen LogP) is 5.30. The summed E-state index contributed by atoms with van der Waals surface area (Å²) in [5.41, 5.74) is 1.99. The maximum absolute atomic E-state index is 13.5. The van der Waals surface area contributed by atoms with Gasteiger partial charge in [-0.05, 0) is 30.0 Å². The second-order valence-electron chi connectivity index (χ2n) is 6.31. The van der Waals surface area contributed by atoms with Crippen LogP contribution in [0.2, 0.25) is 0 Å². The SMILES string of the molecule is CCO/C=N\C1=C(C#N)C(c2ccc(F)cc2)c2ccc3ccccc3c2O1. The first-order valence-corrected chi connectivity index (χ1v) is 8.96. The van der Waals surface area contributed by atoms with Crippen LogP contribution in [0.1, 0.15) is 24.0 Å². The molecule has 5 heteroatoms. The summed E-state index contributed by atoms with van der Waals surface area (Å²) in [4.78, 5) is 4.24. The number of halogens is 1. The van der Waals surface area contributed by atoms with Gasteiger partial charge in [-0.1, -0.05) is 48.5 Å². The number of hydrogen-bond acceptors (Lipinski definition) is 4. The highest BCUT2D eigenvalue weighted by atomic mass is 19.1. The average molecular weight is 372 g/mol. The number of allylic oxidation sites excluding steroid dienone is 1. The van der Waals surface area contributed by atoms with Gasteiger partial charge in [0.05, 0.1) is 12.5 Å². The Morgan fingerprint density at radius 3 is 2.68 bits per heavy atom. The average Bonchev–Trinajstić information content (AvgIpc) is 2.73. The van der Waals surface area contributed by atoms with E-state index in [1.807, 2.05) is 43.3 Å². The molecule has 4 rings (SSSR count). The highest BCUT2D eigenvalue weighted by Crippen LogP contribution is 2.46. The van der Waals surface area contributed by atoms with Gasteiger partial charge in [-0.3, -0.25) is 0 Å². The lowest BCUT2D eigenvalue weighted by molar-refractivity contribution is 0.336. The lowest BCUT2D eigenvalue weighted by Gasteiger charge is -2.27. The summed E-state index contributed by atoms with van der Waals surface area (Å²) in [6.07, 6.45) is 1.28. The van der Waals surface area contributed by atoms with Crippen LogP contribution in [0.5, 0.6) is 5.75 Å². The van der Waals surface area contributed by atoms with Crippen LogP contribution in [0.25, 0.3) is 10.8 Å². The van der Waals surface area contributed by atoms with Crippen molar-refractivity contribution in [3.05, 3.63) is 89.1 Å². The Labute approximate surface area is 162 Å². The molecule has 1 aliphatic heterocycles. The van der Waals surface area contributed by atoms with E-state index in [1.54, 1.807) is 12.1 Å². The van der Waals surface area contributed by atoms with Gasteiger partial charge >= 0.3 is 0 Å². The van der Waals surface area contributed by atoms with Crippen LogP contribution in [-0.4, -0.2) is 13.0 Å². The van der Waals surface area contributed by atoms with Crippen LogP contribution in [0.3, 0.4) is 0 Å². The number of nitrogens with zero attached hydrogens (tertiary/aromatic N) is 2. The van der Waals surface area contributed by atoms with Crippen molar-refractivity contribution >= 4 is 17.2 Å². The Morgan fingerprint density at radius 1 is 1.14 bits per heavy atom. The Morgan fingerprint density at radius 2 is 1.93 bits per heavy atom. The van der Waals surface area contributed by atoms with Crippen LogP contribution in [0.15, 0.2) is 77.1 Å². The van der Waals surface area contributed by atoms with Crippen molar-refractivity contribution in [3.8, 4) is 11.8 Å². The summed E-state index contributed by atoms with van der Waals surface area (Å²) in [6.45, 7) is 2.30. The van der Waals surface area contributed by atoms with E-state index in [2.05, 4.69) is 11.1 Å². The molecule has 4 nitrogen and oxygen atoms in total. The number of rotatable bonds is 4. The van der Waals surface area contributed by atoms with E-state index in [9.17, 15) is 9.65 Å². The second-order valence-corrected chi connectivity index (χ2v) is 6.31. The number of ether oxygens (including phenoxy) is 2. The third-order valence-electron chi connectivity index (χ3n) is 4.67. The zero-order valence-corrected chi connectivity index (χ0v) is 15.2. The Balaban J connectivity index is 1.96. The van der Waals surface area contributed by atoms with E-state index in [1.165, 1.54) is 18.5 Å². The standard InChI is InChI=1S/C23H17FN2O2/c1-2-27-14-26-23-20(13-25)21(16-7-10-17(24)11-8-16)19-12-9-15-5-3-4-6-18(15)22(19)28-23/h3-12,14,21H,2H2,1H3/b26-14-. The van der Waals surface area contributed by atoms with Gasteiger partial charge in [0.15, 0.2) is 6.40 Å². The number of benzene rings is 3. The van der Waals surface area contributed by atoms with E-state index in [0.29, 0.717) is 17.9 Å². The fraction of sp³-hybridized carbons (Fsp3) is 0.130. The Bertz CT molecular complexity index is 1130. The summed E-state index contributed by atoms with van der Waals surface area (Å²) in [5, 5.41) is 11.8. The van der Waals surface area contributed by atoms with Gasteiger partial charge in [-0.2, -0.15) is 10.3 Å². The maximum atomic E-state index is 13.5. The maximum Gasteiger partial charge on any atom is 0.236 e. The second kappa shape index (κ2) is 7.53. The van der Waals surface area contributed by atoms with E-state index < -0.39 is 5.92 Å². The number of aliphatic imine (C=N–C) groups is 1. The Hall–Kier alpha value is -3.65. The first-order valence-electron chi connectivity index (χ1n) is 8.96. The first kappa shape index (κ1) is 17.7. The number of hydrogen-bond donors (Lipinski definition) is 0. The molecule has 0 bridgehead atoms. The first-order chi connectivity index (χ1) is 13.7. The quantitative estimate of drug-likeness (QED) is 0.461. The van der Waals surface area contributed by atoms with Crippen molar-refractivity contribution in [1.29, 1.82) is 5.26 Å². The van der Waals surface area contributed by atoms with Crippen LogP contribution in [0, 0.1) is 17.1 Å². The summed E-state index contributed by atoms with van der Waals surface area (Å²) in [6, 6.07) is 20.2. The van der Waals surface area contributed by atoms with E-state index >= 15 is 0 Å². The molecule has 0 N–H and O–H groups in total. The summed E-state index contributed by atoms with van der Waals surface area (Å²) >= 11 is 0. The van der Waals surface area contributed by atoms with Gasteiger partial charge in [0.25, 0.3) is 0 Å². The van der Waals surface area contributed by atoms with Crippen molar-refractivity contribution in [3.63, 3.8) is 0 Å². The molecule has 3 aromatic carbocycles. The zero-order chi connectivity index (χ0) is 19.5. The predicted molar refractivity (Wildman–Crippen MR) is 106 cm³/mol. The summed E-state index contributed by atoms with van der Waals surface area (Å²) in [7, 11) is 0. The monoisotopic (exact) mass is 372 g/mol. The topological polar surface area (TPSA) is 54.6 Å². The summed E-state index contributed by atoms with van der Waals surface area (Å²) in [5.74, 6) is 0.101. The van der Waals surface area contributed by atoms with Crippen molar-refractivity contribution in [1.82, 2.24) is 0 Å². The normalized spacial score (nSPS) is 16.0. The molecule has 1 aliphatic rings. The molecule has 3 aromatic rings. The van der Waals surface area contributed by atoms with Crippen molar-refractivity contribution in [2.75, 3.05) is 6.61 Å². The third-order valence-corrected chi connectivity index (χ3v) is 4.67. The molecule has 1 unspecified atom stereocenters. The van der Waals surface area contributed by atoms with E-state index in [0.717, 1.165) is 21.9 Å². The summed E-state index contributed by atoms with van der Waals surface area (Å²) < 4.78 is 24.7. The largest absolute Gasteiger partial charge is 0.483 e. The molecule has 0 saturated carbocycles. The molecular formula is C23H17FN2O2. The molecule has 1 atom stereocenters. The minimum atomic E-state index is -0.410. The highest BCUT2D eigenvalue weighted by molar-refractivity contribution is 5.91. The zero-order valence-electron chi connectivity index (χ0n) is 15.2. The number of nitriles is 1. The molecule has 0 aromatic heterocycles. The smallest absolute Gasteiger partial charge is 0.236 e. The molecule has 1 heterocycles. The van der Waals surface area contributed by atoms with Crippen LogP contribution in [0.4, 0.5) is 4.39 Å². The lowest BCUT2D eigenvalue weighted by atomic mass is 9.82. The fourth-order valence-corrected chi connectivity index (χ4v) is 3.40. The molecule has 28 heavy (non-hydrogen) atoms. The van der Waals surface area contributed by atoms with Gasteiger partial charge in [-0.15, -0.1) is 0 Å². The van der Waals surface area contributed by atoms with E-state index in [-0.39, 0.29) is 11.7 Å². The minimum absolute atomic E-state index is 0.189. The molecule has 0 aliphatic carbocycles. The minimum Gasteiger partial charge on any atom is -0.483 e. The molecule has 138 valence electrons. The Kier molecular flexibility index (Phi) is 4.77. The third kappa shape index (κ3) is 3.10. The van der Waals surface area contributed by atoms with Gasteiger partial charge < -0.3 is 9.47 Å². The molecular weight excluding hydrogens is 355 g/mol. The van der Waals surface area contributed by atoms with Crippen LogP contribution in [-0.2, 0) is 4.74 Å². The number of fused-ring (bicyclic) bond motifs is 3. The van der Waals surface area contributed by atoms with Gasteiger partial charge in [0, 0.05) is 10.9 Å². The molecule has 0 saturated heterocycles. The van der Waals surface area contributed by atoms with E-state index in [4.69, 9.17) is 9.47 Å². The van der Waals surface area contributed by atoms with Crippen LogP contribution >= 0.6 is 0 Å². The molecule has 0 amide bonds. The van der Waals surface area contributed by atoms with Crippen molar-refractivity contribution in [2.24, 2.45) is 4.99 Å². The molecule has 0 spiro atoms. The van der Waals surface area contributed by atoms with Crippen molar-refractivity contribution < 1.29 is 13.9 Å². The van der Waals surface area contributed by atoms with Crippen molar-refractivity contribution in [2.45, 2.75) is 12.8 Å². The van der Waals surface area contributed by atoms with Crippen LogP contribution < -0.4 is 4.74 Å². The molecule has 0 fully saturated rings. The molecule has 0 radical (unpaired) electrons. The van der Waals surface area contributed by atoms with Gasteiger partial charge in [-0.25, -0.2) is 4.39 Å². The van der Waals surface area contributed by atoms with Gasteiger partial charge in [0.2, 0.25) is 5.88 Å². The lowest BCUT2D eigenvalue weighted by Crippen LogP contribution is -2.16. The van der Waals surface area contributed by atoms with Gasteiger partial charge in [0.1, 0.15) is 23.2 Å².